The highest BCUT2D eigenvalue weighted by molar-refractivity contribution is 6.10. The van der Waals surface area contributed by atoms with Crippen molar-refractivity contribution >= 4 is 49.7 Å². The Bertz CT molecular complexity index is 2920. The van der Waals surface area contributed by atoms with Gasteiger partial charge in [0.25, 0.3) is 0 Å². The van der Waals surface area contributed by atoms with Gasteiger partial charge in [-0.05, 0) is 98.8 Å². The lowest BCUT2D eigenvalue weighted by Gasteiger charge is -2.28. The maximum Gasteiger partial charge on any atom is 0.227 e. The Morgan fingerprint density at radius 3 is 1.70 bits per heavy atom. The molecule has 0 amide bonds. The molecule has 54 heavy (non-hydrogen) atoms. The van der Waals surface area contributed by atoms with Gasteiger partial charge in [-0.25, -0.2) is 4.98 Å². The van der Waals surface area contributed by atoms with Crippen LogP contribution in [0.15, 0.2) is 211 Å². The van der Waals surface area contributed by atoms with Gasteiger partial charge in [0.15, 0.2) is 5.58 Å². The van der Waals surface area contributed by atoms with Crippen LogP contribution in [0.25, 0.3) is 77.5 Å². The first-order chi connectivity index (χ1) is 26.8. The molecule has 0 N–H and O–H groups in total. The molecule has 0 bridgehead atoms. The van der Waals surface area contributed by atoms with Crippen molar-refractivity contribution in [2.75, 3.05) is 4.90 Å². The number of oxazole rings is 1. The number of hydrogen-bond donors (Lipinski definition) is 0. The molecule has 10 aromatic rings. The Labute approximate surface area is 314 Å². The number of nitrogens with zero attached hydrogens (tertiary/aromatic N) is 2. The van der Waals surface area contributed by atoms with E-state index in [0.717, 1.165) is 50.1 Å². The third-order valence-electron chi connectivity index (χ3n) is 10.3. The number of rotatable bonds is 7. The van der Waals surface area contributed by atoms with Crippen LogP contribution in [-0.4, -0.2) is 4.98 Å². The molecule has 0 fully saturated rings. The van der Waals surface area contributed by atoms with Crippen LogP contribution in [0, 0.1) is 0 Å². The Morgan fingerprint density at radius 1 is 0.370 bits per heavy atom. The molecule has 0 saturated heterocycles. The molecule has 10 rings (SSSR count). The van der Waals surface area contributed by atoms with E-state index in [2.05, 4.69) is 205 Å². The molecule has 1 aromatic heterocycles. The molecule has 3 nitrogen and oxygen atoms in total. The van der Waals surface area contributed by atoms with Gasteiger partial charge < -0.3 is 9.32 Å². The normalized spacial score (nSPS) is 11.3. The highest BCUT2D eigenvalue weighted by Gasteiger charge is 2.21. The van der Waals surface area contributed by atoms with E-state index in [0.29, 0.717) is 5.89 Å². The molecule has 0 radical (unpaired) electrons. The van der Waals surface area contributed by atoms with Gasteiger partial charge in [-0.3, -0.25) is 0 Å². The number of benzene rings is 9. The molecule has 0 aliphatic heterocycles. The van der Waals surface area contributed by atoms with Crippen LogP contribution in [0.5, 0.6) is 0 Å². The highest BCUT2D eigenvalue weighted by atomic mass is 16.3. The Morgan fingerprint density at radius 2 is 0.963 bits per heavy atom. The van der Waals surface area contributed by atoms with Gasteiger partial charge in [0.1, 0.15) is 5.52 Å². The van der Waals surface area contributed by atoms with Crippen molar-refractivity contribution in [3.63, 3.8) is 0 Å². The molecular formula is C51H34N2O. The molecule has 254 valence electrons. The summed E-state index contributed by atoms with van der Waals surface area (Å²) in [6, 6.07) is 73.0. The second-order valence-electron chi connectivity index (χ2n) is 13.6. The van der Waals surface area contributed by atoms with Crippen LogP contribution >= 0.6 is 0 Å². The van der Waals surface area contributed by atoms with Crippen LogP contribution in [0.3, 0.4) is 0 Å². The topological polar surface area (TPSA) is 29.3 Å². The summed E-state index contributed by atoms with van der Waals surface area (Å²) >= 11 is 0. The molecule has 0 saturated carbocycles. The summed E-state index contributed by atoms with van der Waals surface area (Å²) in [6.45, 7) is 0. The number of anilines is 3. The Balaban J connectivity index is 1.15. The van der Waals surface area contributed by atoms with Crippen molar-refractivity contribution in [1.82, 2.24) is 4.98 Å². The lowest BCUT2D eigenvalue weighted by atomic mass is 9.93. The molecule has 0 aliphatic carbocycles. The van der Waals surface area contributed by atoms with E-state index in [1.807, 2.05) is 6.07 Å². The lowest BCUT2D eigenvalue weighted by Crippen LogP contribution is -2.11. The Kier molecular flexibility index (Phi) is 7.81. The third-order valence-corrected chi connectivity index (χ3v) is 10.3. The minimum absolute atomic E-state index is 0.609. The molecule has 0 unspecified atom stereocenters. The number of aromatic nitrogens is 1. The first kappa shape index (κ1) is 31.5. The summed E-state index contributed by atoms with van der Waals surface area (Å²) in [6.07, 6.45) is 0. The van der Waals surface area contributed by atoms with Gasteiger partial charge in [-0.1, -0.05) is 152 Å². The quantitative estimate of drug-likeness (QED) is 0.167. The number of hydrogen-bond acceptors (Lipinski definition) is 3. The third kappa shape index (κ3) is 5.69. The first-order valence-electron chi connectivity index (χ1n) is 18.3. The first-order valence-corrected chi connectivity index (χ1v) is 18.3. The summed E-state index contributed by atoms with van der Waals surface area (Å²) < 4.78 is 6.63. The fraction of sp³-hybridized carbons (Fsp3) is 0. The maximum atomic E-state index is 6.63. The predicted octanol–water partition coefficient (Wildman–Crippen LogP) is 14.3. The molecular weight excluding hydrogens is 657 g/mol. The zero-order valence-corrected chi connectivity index (χ0v) is 29.4. The van der Waals surface area contributed by atoms with Crippen molar-refractivity contribution in [3.05, 3.63) is 206 Å². The van der Waals surface area contributed by atoms with Crippen molar-refractivity contribution in [2.45, 2.75) is 0 Å². The van der Waals surface area contributed by atoms with Crippen molar-refractivity contribution in [3.8, 4) is 44.8 Å². The minimum Gasteiger partial charge on any atom is -0.435 e. The van der Waals surface area contributed by atoms with E-state index < -0.39 is 0 Å². The second-order valence-corrected chi connectivity index (χ2v) is 13.6. The number of fused-ring (bicyclic) bond motifs is 4. The van der Waals surface area contributed by atoms with E-state index in [4.69, 9.17) is 9.40 Å². The van der Waals surface area contributed by atoms with Gasteiger partial charge >= 0.3 is 0 Å². The maximum absolute atomic E-state index is 6.63. The van der Waals surface area contributed by atoms with Gasteiger partial charge in [-0.15, -0.1) is 0 Å². The van der Waals surface area contributed by atoms with E-state index in [-0.39, 0.29) is 0 Å². The Hall–Kier alpha value is -7.23. The van der Waals surface area contributed by atoms with Crippen LogP contribution in [-0.2, 0) is 0 Å². The van der Waals surface area contributed by atoms with Crippen molar-refractivity contribution < 1.29 is 4.42 Å². The smallest absolute Gasteiger partial charge is 0.227 e. The standard InChI is InChI=1S/C51H34N2O/c1-4-13-35(14-5-1)37-23-25-40(26-24-37)51-52-48-32-31-45-46(50(48)54-51)21-12-22-49(45)53(42-28-27-36-15-10-11-20-41(36)33-42)43-29-30-44(38-16-6-2-7-17-38)47(34-43)39-18-8-3-9-19-39/h1-34H. The van der Waals surface area contributed by atoms with Gasteiger partial charge in [0, 0.05) is 27.7 Å². The fourth-order valence-electron chi connectivity index (χ4n) is 7.62. The van der Waals surface area contributed by atoms with E-state index in [9.17, 15) is 0 Å². The monoisotopic (exact) mass is 690 g/mol. The van der Waals surface area contributed by atoms with Crippen LogP contribution in [0.1, 0.15) is 0 Å². The highest BCUT2D eigenvalue weighted by Crippen LogP contribution is 2.44. The molecule has 0 spiro atoms. The lowest BCUT2D eigenvalue weighted by molar-refractivity contribution is 0.623. The zero-order valence-electron chi connectivity index (χ0n) is 29.4. The van der Waals surface area contributed by atoms with Gasteiger partial charge in [0.05, 0.1) is 5.69 Å². The largest absolute Gasteiger partial charge is 0.435 e. The van der Waals surface area contributed by atoms with Gasteiger partial charge in [-0.2, -0.15) is 0 Å². The van der Waals surface area contributed by atoms with E-state index in [1.54, 1.807) is 0 Å². The summed E-state index contributed by atoms with van der Waals surface area (Å²) in [7, 11) is 0. The molecule has 1 heterocycles. The van der Waals surface area contributed by atoms with Crippen LogP contribution in [0.4, 0.5) is 17.1 Å². The molecule has 3 heteroatoms. The molecule has 9 aromatic carbocycles. The van der Waals surface area contributed by atoms with Crippen LogP contribution < -0.4 is 4.90 Å². The summed E-state index contributed by atoms with van der Waals surface area (Å²) in [5.74, 6) is 0.609. The average molecular weight is 691 g/mol. The fourth-order valence-corrected chi connectivity index (χ4v) is 7.62. The molecule has 0 atom stereocenters. The predicted molar refractivity (Wildman–Crippen MR) is 225 cm³/mol. The van der Waals surface area contributed by atoms with Crippen molar-refractivity contribution in [1.29, 1.82) is 0 Å². The zero-order chi connectivity index (χ0) is 35.8. The molecule has 0 aliphatic rings. The van der Waals surface area contributed by atoms with E-state index in [1.165, 1.54) is 38.6 Å². The summed E-state index contributed by atoms with van der Waals surface area (Å²) in [5.41, 5.74) is 12.8. The average Bonchev–Trinajstić information content (AvgIpc) is 3.70. The van der Waals surface area contributed by atoms with Crippen LogP contribution in [0.2, 0.25) is 0 Å². The summed E-state index contributed by atoms with van der Waals surface area (Å²) in [4.78, 5) is 7.34. The SMILES string of the molecule is c1ccc(-c2ccc(-c3nc4ccc5c(N(c6ccc(-c7ccccc7)c(-c7ccccc7)c6)c6ccc7ccccc7c6)cccc5c4o3)cc2)cc1. The minimum atomic E-state index is 0.609. The second kappa shape index (κ2) is 13.4. The summed E-state index contributed by atoms with van der Waals surface area (Å²) in [5, 5.41) is 4.48. The van der Waals surface area contributed by atoms with Gasteiger partial charge in [0.2, 0.25) is 5.89 Å². The van der Waals surface area contributed by atoms with E-state index >= 15 is 0 Å². The van der Waals surface area contributed by atoms with Crippen molar-refractivity contribution in [2.24, 2.45) is 0 Å².